The molecule has 0 spiro atoms. The number of aryl methyl sites for hydroxylation is 2. The highest BCUT2D eigenvalue weighted by Crippen LogP contribution is 2.36. The number of ether oxygens (including phenoxy) is 1. The Bertz CT molecular complexity index is 1600. The van der Waals surface area contributed by atoms with E-state index in [0.29, 0.717) is 0 Å². The molecule has 4 rings (SSSR count). The molecular formula is C24H33N7O7S2. The molecule has 3 aromatic rings. The number of likely N-dealkylation sites (N-methyl/N-ethyl adjacent to an activating group) is 1. The molecule has 0 unspecified atom stereocenters. The molecule has 0 radical (unpaired) electrons. The summed E-state index contributed by atoms with van der Waals surface area (Å²) in [4.78, 5) is 23.0. The molecule has 1 aliphatic rings. The Morgan fingerprint density at radius 3 is 2.33 bits per heavy atom. The fourth-order valence-corrected chi connectivity index (χ4v) is 6.49. The number of carbonyl (C=O) groups is 1. The largest absolute Gasteiger partial charge is 0.486 e. The number of benzene rings is 1. The number of imidazole rings is 2. The molecule has 0 saturated heterocycles. The van der Waals surface area contributed by atoms with E-state index in [4.69, 9.17) is 4.74 Å². The second-order valence-electron chi connectivity index (χ2n) is 9.95. The minimum absolute atomic E-state index is 0.0116. The summed E-state index contributed by atoms with van der Waals surface area (Å²) in [5.41, 5.74) is 0.0519. The maximum Gasteiger partial charge on any atom is 0.281 e. The maximum absolute atomic E-state index is 13.6. The third kappa shape index (κ3) is 5.84. The number of fused-ring (bicyclic) bond motifs is 1. The van der Waals surface area contributed by atoms with Crippen LogP contribution in [0, 0.1) is 5.92 Å². The van der Waals surface area contributed by atoms with E-state index in [1.807, 2.05) is 0 Å². The van der Waals surface area contributed by atoms with E-state index >= 15 is 0 Å². The number of carbonyl (C=O) groups excluding carboxylic acids is 1. The highest BCUT2D eigenvalue weighted by Gasteiger charge is 2.37. The van der Waals surface area contributed by atoms with Crippen LogP contribution in [-0.2, 0) is 34.1 Å². The van der Waals surface area contributed by atoms with Gasteiger partial charge in [0, 0.05) is 46.0 Å². The fraction of sp³-hybridized carbons (Fsp3) is 0.458. The van der Waals surface area contributed by atoms with Crippen molar-refractivity contribution in [3.63, 3.8) is 0 Å². The number of para-hydroxylation sites is 1. The third-order valence-electron chi connectivity index (χ3n) is 6.68. The number of hydrogen-bond acceptors (Lipinski definition) is 9. The van der Waals surface area contributed by atoms with E-state index in [2.05, 4.69) is 14.7 Å². The summed E-state index contributed by atoms with van der Waals surface area (Å²) in [6.07, 6.45) is 4.62. The van der Waals surface area contributed by atoms with Gasteiger partial charge in [-0.1, -0.05) is 13.0 Å². The number of nitrogens with zero attached hydrogens (tertiary/aromatic N) is 6. The normalized spacial score (nSPS) is 19.1. The second-order valence-corrected chi connectivity index (χ2v) is 13.6. The van der Waals surface area contributed by atoms with Crippen molar-refractivity contribution in [3.05, 3.63) is 48.8 Å². The van der Waals surface area contributed by atoms with Crippen LogP contribution in [-0.4, -0.2) is 95.0 Å². The predicted octanol–water partition coefficient (Wildman–Crippen LogP) is 0.495. The molecule has 2 aromatic heterocycles. The first-order valence-corrected chi connectivity index (χ1v) is 15.3. The number of aliphatic hydroxyl groups excluding tert-OH is 1. The standard InChI is InChI=1S/C24H33N7O7S2/c1-16-9-31(17(2)13-32)24(33)18-7-6-8-19(27-39(34,35)21-11-28(3)14-25-21)23(18)38-20(16)10-30(5)40(36,37)22-12-29(4)15-26-22/h6-8,11-12,14-17,20,27,32H,9-10,13H2,1-5H3/t16-,17+,20+/m1/s1. The SMILES string of the molecule is C[C@@H]1CN([C@@H](C)CO)C(=O)c2cccc(NS(=O)(=O)c3cn(C)cn3)c2O[C@H]1CN(C)S(=O)(=O)c1cn(C)cn1. The summed E-state index contributed by atoms with van der Waals surface area (Å²) in [6, 6.07) is 3.89. The first-order chi connectivity index (χ1) is 18.7. The molecule has 1 aromatic carbocycles. The monoisotopic (exact) mass is 595 g/mol. The van der Waals surface area contributed by atoms with Gasteiger partial charge in [0.2, 0.25) is 0 Å². The molecule has 1 aliphatic heterocycles. The molecule has 14 nitrogen and oxygen atoms in total. The molecule has 3 heterocycles. The number of hydrogen-bond donors (Lipinski definition) is 2. The number of aromatic nitrogens is 4. The van der Waals surface area contributed by atoms with Crippen LogP contribution in [0.2, 0.25) is 0 Å². The average molecular weight is 596 g/mol. The minimum atomic E-state index is -4.15. The number of sulfonamides is 2. The van der Waals surface area contributed by atoms with Crippen molar-refractivity contribution in [3.8, 4) is 5.75 Å². The Balaban J connectivity index is 1.76. The Morgan fingerprint density at radius 1 is 1.12 bits per heavy atom. The zero-order valence-corrected chi connectivity index (χ0v) is 24.4. The Morgan fingerprint density at radius 2 is 1.75 bits per heavy atom. The van der Waals surface area contributed by atoms with Gasteiger partial charge in [0.15, 0.2) is 15.8 Å². The van der Waals surface area contributed by atoms with Crippen molar-refractivity contribution < 1.29 is 31.5 Å². The summed E-state index contributed by atoms with van der Waals surface area (Å²) in [7, 11) is -3.45. The van der Waals surface area contributed by atoms with E-state index in [9.17, 15) is 26.7 Å². The Hall–Kier alpha value is -3.47. The maximum atomic E-state index is 13.6. The summed E-state index contributed by atoms with van der Waals surface area (Å²) in [6.45, 7) is 3.21. The fourth-order valence-electron chi connectivity index (χ4n) is 4.30. The lowest BCUT2D eigenvalue weighted by Gasteiger charge is -2.38. The van der Waals surface area contributed by atoms with Gasteiger partial charge in [0.05, 0.1) is 43.1 Å². The third-order valence-corrected chi connectivity index (χ3v) is 9.64. The van der Waals surface area contributed by atoms with Crippen LogP contribution < -0.4 is 9.46 Å². The van der Waals surface area contributed by atoms with Gasteiger partial charge in [-0.05, 0) is 19.1 Å². The second kappa shape index (κ2) is 11.2. The molecule has 2 N–H and O–H groups in total. The molecule has 3 atom stereocenters. The van der Waals surface area contributed by atoms with Gasteiger partial charge in [0.25, 0.3) is 26.0 Å². The average Bonchev–Trinajstić information content (AvgIpc) is 3.54. The zero-order valence-electron chi connectivity index (χ0n) is 22.8. The molecular weight excluding hydrogens is 562 g/mol. The van der Waals surface area contributed by atoms with Crippen molar-refractivity contribution in [2.24, 2.45) is 20.0 Å². The molecule has 0 bridgehead atoms. The summed E-state index contributed by atoms with van der Waals surface area (Å²) in [5, 5.41) is 9.50. The number of nitrogens with one attached hydrogen (secondary N) is 1. The molecule has 16 heteroatoms. The van der Waals surface area contributed by atoms with Crippen LogP contribution in [0.1, 0.15) is 24.2 Å². The van der Waals surface area contributed by atoms with Crippen molar-refractivity contribution in [2.45, 2.75) is 36.0 Å². The van der Waals surface area contributed by atoms with Gasteiger partial charge in [0.1, 0.15) is 6.10 Å². The van der Waals surface area contributed by atoms with E-state index in [1.54, 1.807) is 27.9 Å². The van der Waals surface area contributed by atoms with Gasteiger partial charge in [-0.2, -0.15) is 12.7 Å². The number of amides is 1. The van der Waals surface area contributed by atoms with Gasteiger partial charge < -0.3 is 23.9 Å². The van der Waals surface area contributed by atoms with Gasteiger partial charge in [-0.25, -0.2) is 18.4 Å². The van der Waals surface area contributed by atoms with E-state index in [1.165, 1.54) is 64.3 Å². The Labute approximate surface area is 233 Å². The first-order valence-electron chi connectivity index (χ1n) is 12.4. The van der Waals surface area contributed by atoms with E-state index in [0.717, 1.165) is 4.31 Å². The molecule has 40 heavy (non-hydrogen) atoms. The molecule has 0 saturated carbocycles. The van der Waals surface area contributed by atoms with Crippen LogP contribution in [0.4, 0.5) is 5.69 Å². The van der Waals surface area contributed by atoms with Gasteiger partial charge >= 0.3 is 0 Å². The minimum Gasteiger partial charge on any atom is -0.486 e. The highest BCUT2D eigenvalue weighted by atomic mass is 32.2. The topological polar surface area (TPSA) is 169 Å². The molecule has 1 amide bonds. The smallest absolute Gasteiger partial charge is 0.281 e. The van der Waals surface area contributed by atoms with Gasteiger partial charge in [-0.15, -0.1) is 0 Å². The lowest BCUT2D eigenvalue weighted by atomic mass is 9.99. The van der Waals surface area contributed by atoms with E-state index < -0.39 is 44.0 Å². The summed E-state index contributed by atoms with van der Waals surface area (Å²) < 4.78 is 65.5. The van der Waals surface area contributed by atoms with E-state index in [-0.39, 0.29) is 46.7 Å². The Kier molecular flexibility index (Phi) is 8.26. The summed E-state index contributed by atoms with van der Waals surface area (Å²) in [5.74, 6) is -0.939. The summed E-state index contributed by atoms with van der Waals surface area (Å²) >= 11 is 0. The van der Waals surface area contributed by atoms with Gasteiger partial charge in [-0.3, -0.25) is 9.52 Å². The number of anilines is 1. The van der Waals surface area contributed by atoms with Crippen molar-refractivity contribution >= 4 is 31.6 Å². The van der Waals surface area contributed by atoms with Crippen LogP contribution in [0.15, 0.2) is 53.3 Å². The number of aliphatic hydroxyl groups is 1. The quantitative estimate of drug-likeness (QED) is 0.358. The molecule has 218 valence electrons. The van der Waals surface area contributed by atoms with Crippen LogP contribution in [0.25, 0.3) is 0 Å². The van der Waals surface area contributed by atoms with Crippen molar-refractivity contribution in [1.29, 1.82) is 0 Å². The van der Waals surface area contributed by atoms with Crippen molar-refractivity contribution in [2.75, 3.05) is 31.5 Å². The lowest BCUT2D eigenvalue weighted by Crippen LogP contribution is -2.50. The predicted molar refractivity (Wildman–Crippen MR) is 145 cm³/mol. The lowest BCUT2D eigenvalue weighted by molar-refractivity contribution is 0.0389. The van der Waals surface area contributed by atoms with Crippen LogP contribution in [0.5, 0.6) is 5.75 Å². The first kappa shape index (κ1) is 29.5. The molecule has 0 aliphatic carbocycles. The van der Waals surface area contributed by atoms with Crippen LogP contribution >= 0.6 is 0 Å². The van der Waals surface area contributed by atoms with Crippen molar-refractivity contribution in [1.82, 2.24) is 28.3 Å². The van der Waals surface area contributed by atoms with Crippen LogP contribution in [0.3, 0.4) is 0 Å². The molecule has 0 fully saturated rings. The highest BCUT2D eigenvalue weighted by molar-refractivity contribution is 7.92. The number of rotatable bonds is 9. The zero-order chi connectivity index (χ0) is 29.4.